The Labute approximate surface area is 118 Å². The fourth-order valence-electron chi connectivity index (χ4n) is 18.8. The van der Waals surface area contributed by atoms with E-state index < -0.39 is 6.51 Å². The van der Waals surface area contributed by atoms with E-state index in [1.54, 1.807) is 5.56 Å². The molecule has 0 saturated carbocycles. The molecule has 10 saturated heterocycles. The topological polar surface area (TPSA) is 26.3 Å². The van der Waals surface area contributed by atoms with Crippen LogP contribution in [0.4, 0.5) is 0 Å². The van der Waals surface area contributed by atoms with Gasteiger partial charge in [0.25, 0.3) is 0 Å². The molecule has 1 spiro atoms. The first-order chi connectivity index (χ1) is 10.5. The quantitative estimate of drug-likeness (QED) is 0.604. The molecule has 0 N–H and O–H groups in total. The number of fused-ring (bicyclic) bond motifs is 10. The Kier molecular flexibility index (Phi) is 0.347. The van der Waals surface area contributed by atoms with Crippen molar-refractivity contribution in [2.45, 2.75) is 54.1 Å². The summed E-state index contributed by atoms with van der Waals surface area (Å²) in [5, 5.41) is 0. The van der Waals surface area contributed by atoms with E-state index >= 15 is 0 Å². The Balaban J connectivity index is 1.42. The molecule has 0 aliphatic carbocycles. The molecule has 3 heteroatoms. The van der Waals surface area contributed by atoms with Crippen LogP contribution >= 0.6 is 0 Å². The average Bonchev–Trinajstić information content (AvgIpc) is 3.48. The first-order valence-electron chi connectivity index (χ1n) is 8.96. The van der Waals surface area contributed by atoms with Crippen molar-refractivity contribution in [3.8, 4) is 0 Å². The molecule has 0 radical (unpaired) electrons. The predicted molar refractivity (Wildman–Crippen MR) is 77.4 cm³/mol. The van der Waals surface area contributed by atoms with Crippen LogP contribution in [0.2, 0.25) is 42.8 Å². The molecule has 8 atom stereocenters. The normalized spacial score (nSPS) is 97.7. The van der Waals surface area contributed by atoms with E-state index in [1.807, 2.05) is 6.92 Å². The van der Waals surface area contributed by atoms with Crippen molar-refractivity contribution in [3.63, 3.8) is 0 Å². The number of ether oxygens (including phenoxy) is 1. The van der Waals surface area contributed by atoms with Crippen LogP contribution < -0.4 is 0 Å². The van der Waals surface area contributed by atoms with E-state index in [9.17, 15) is 4.79 Å². The monoisotopic (exact) mass is 334 g/mol. The van der Waals surface area contributed by atoms with Crippen LogP contribution in [0.25, 0.3) is 0 Å². The van der Waals surface area contributed by atoms with E-state index in [-0.39, 0.29) is 4.31 Å². The van der Waals surface area contributed by atoms with Crippen LogP contribution in [0.1, 0.15) is 12.5 Å². The summed E-state index contributed by atoms with van der Waals surface area (Å²) in [4.78, 5) is 21.8. The Morgan fingerprint density at radius 1 is 1.05 bits per heavy atom. The number of hydrogen-bond acceptors (Lipinski definition) is 2. The number of esters is 1. The van der Waals surface area contributed by atoms with Gasteiger partial charge < -0.3 is 0 Å². The zero-order valence-electron chi connectivity index (χ0n) is 12.4. The summed E-state index contributed by atoms with van der Waals surface area (Å²) in [6.45, 7) is -1.07. The van der Waals surface area contributed by atoms with E-state index in [0.29, 0.717) is 16.9 Å². The SMILES string of the molecule is CCOC(=O)[C]12[CH]3[CH]4[CH]5[CH]1[Fe]45321678[CH]2[CH]1[CH]6[C]7(c1ccccc1)[CH]28. The van der Waals surface area contributed by atoms with Crippen molar-refractivity contribution in [1.82, 2.24) is 0 Å². The van der Waals surface area contributed by atoms with Crippen molar-refractivity contribution in [2.75, 3.05) is 6.61 Å². The van der Waals surface area contributed by atoms with Gasteiger partial charge in [-0.05, 0) is 0 Å². The van der Waals surface area contributed by atoms with Gasteiger partial charge in [0.1, 0.15) is 0 Å². The molecular formula is C19H18FeO2. The second-order valence-electron chi connectivity index (χ2n) is 11.9. The summed E-state index contributed by atoms with van der Waals surface area (Å²) in [6.07, 6.45) is 0. The third-order valence-electron chi connectivity index (χ3n) is 16.6. The second-order valence-corrected chi connectivity index (χ2v) is 35.1. The Morgan fingerprint density at radius 2 is 1.64 bits per heavy atom. The zero-order chi connectivity index (χ0) is 14.0. The molecular weight excluding hydrogens is 316 g/mol. The average molecular weight is 334 g/mol. The van der Waals surface area contributed by atoms with Gasteiger partial charge in [-0.3, -0.25) is 0 Å². The molecule has 22 heavy (non-hydrogen) atoms. The number of carbonyl (C=O) groups is 1. The summed E-state index contributed by atoms with van der Waals surface area (Å²) in [7, 11) is 0. The van der Waals surface area contributed by atoms with Crippen molar-refractivity contribution in [1.29, 1.82) is 0 Å². The molecule has 11 rings (SSSR count). The summed E-state index contributed by atoms with van der Waals surface area (Å²) < 4.78 is 6.58. The Hall–Kier alpha value is -0.791. The number of benzene rings is 1. The van der Waals surface area contributed by atoms with Crippen LogP contribution in [0.3, 0.4) is 0 Å². The molecule has 10 aliphatic heterocycles. The van der Waals surface area contributed by atoms with E-state index in [2.05, 4.69) is 30.3 Å². The predicted octanol–water partition coefficient (Wildman–Crippen LogP) is 4.42. The van der Waals surface area contributed by atoms with Crippen LogP contribution in [-0.4, -0.2) is 12.6 Å². The molecule has 0 bridgehead atoms. The van der Waals surface area contributed by atoms with Crippen molar-refractivity contribution in [3.05, 3.63) is 35.9 Å². The fourth-order valence-corrected chi connectivity index (χ4v) is 94.4. The molecule has 8 unspecified atom stereocenters. The van der Waals surface area contributed by atoms with Gasteiger partial charge in [0.05, 0.1) is 0 Å². The summed E-state index contributed by atoms with van der Waals surface area (Å²) in [5.41, 5.74) is 1.69. The number of rotatable bonds is 3. The molecule has 1 aromatic rings. The minimum absolute atomic E-state index is 0.209. The van der Waals surface area contributed by atoms with Gasteiger partial charge in [-0.2, -0.15) is 0 Å². The summed E-state index contributed by atoms with van der Waals surface area (Å²) in [5.74, 6) is 0.316. The van der Waals surface area contributed by atoms with Crippen molar-refractivity contribution < 1.29 is 16.0 Å². The maximum absolute atomic E-state index is 13.2. The number of hydrogen-bond donors (Lipinski definition) is 0. The van der Waals surface area contributed by atoms with Crippen LogP contribution in [0.5, 0.6) is 0 Å². The molecule has 1 aromatic carbocycles. The molecule has 10 fully saturated rings. The van der Waals surface area contributed by atoms with Gasteiger partial charge in [-0.25, -0.2) is 0 Å². The number of carbonyl (C=O) groups excluding carboxylic acids is 1. The van der Waals surface area contributed by atoms with Gasteiger partial charge in [-0.1, -0.05) is 0 Å². The van der Waals surface area contributed by atoms with Crippen LogP contribution in [0.15, 0.2) is 30.3 Å². The van der Waals surface area contributed by atoms with E-state index in [4.69, 9.17) is 4.74 Å². The fraction of sp³-hybridized carbons (Fsp3) is 0.632. The van der Waals surface area contributed by atoms with Gasteiger partial charge in [0.2, 0.25) is 0 Å². The van der Waals surface area contributed by atoms with Gasteiger partial charge in [-0.15, -0.1) is 0 Å². The third kappa shape index (κ3) is 0.103. The molecule has 10 aliphatic rings. The van der Waals surface area contributed by atoms with Crippen LogP contribution in [0, 0.1) is 0 Å². The van der Waals surface area contributed by atoms with E-state index in [0.717, 1.165) is 38.5 Å². The van der Waals surface area contributed by atoms with Crippen molar-refractivity contribution in [2.24, 2.45) is 0 Å². The van der Waals surface area contributed by atoms with Gasteiger partial charge >= 0.3 is 119 Å². The molecule has 114 valence electrons. The minimum atomic E-state index is -3.66. The van der Waals surface area contributed by atoms with Crippen molar-refractivity contribution >= 4 is 5.97 Å². The Morgan fingerprint density at radius 3 is 2.14 bits per heavy atom. The standard InChI is InChI=1S/C11H9.C8H9O2.Fe/c1-2-6-10(7-3-1)11-8-4-5-9-11;1-2-10-8(9)7-5-3-4-6-7;/h1-9H;3-6H,2H2,1H3;. The van der Waals surface area contributed by atoms with Crippen LogP contribution in [-0.2, 0) is 20.4 Å². The van der Waals surface area contributed by atoms with Gasteiger partial charge in [0.15, 0.2) is 0 Å². The molecule has 0 aromatic heterocycles. The second kappa shape index (κ2) is 0.858. The zero-order valence-corrected chi connectivity index (χ0v) is 13.5. The van der Waals surface area contributed by atoms with E-state index in [1.165, 1.54) is 0 Å². The molecule has 0 amide bonds. The van der Waals surface area contributed by atoms with Gasteiger partial charge in [0, 0.05) is 0 Å². The summed E-state index contributed by atoms with van der Waals surface area (Å²) in [6, 6.07) is 11.5. The first kappa shape index (κ1) is 8.89. The molecule has 10 heterocycles. The summed E-state index contributed by atoms with van der Waals surface area (Å²) >= 11 is 0. The molecule has 2 nitrogen and oxygen atoms in total. The Bertz CT molecular complexity index is 1310. The third-order valence-corrected chi connectivity index (χ3v) is 59.3. The maximum atomic E-state index is 13.2. The first-order valence-corrected chi connectivity index (χ1v) is 15.2.